The Morgan fingerprint density at radius 2 is 1.88 bits per heavy atom. The normalized spacial score (nSPS) is 13.5. The highest BCUT2D eigenvalue weighted by Gasteiger charge is 2.31. The van der Waals surface area contributed by atoms with Crippen LogP contribution in [0, 0.1) is 0 Å². The van der Waals surface area contributed by atoms with Crippen molar-refractivity contribution in [2.75, 3.05) is 11.2 Å². The molecule has 1 aliphatic carbocycles. The van der Waals surface area contributed by atoms with E-state index in [-0.39, 0.29) is 17.1 Å². The number of alkyl halides is 3. The fraction of sp³-hybridized carbons (Fsp3) is 0.261. The Kier molecular flexibility index (Phi) is 7.22. The van der Waals surface area contributed by atoms with Gasteiger partial charge in [0.05, 0.1) is 10.6 Å². The lowest BCUT2D eigenvalue weighted by molar-refractivity contribution is -0.0329. The van der Waals surface area contributed by atoms with Crippen LogP contribution in [0.15, 0.2) is 58.7 Å². The van der Waals surface area contributed by atoms with E-state index in [1.807, 2.05) is 13.0 Å². The summed E-state index contributed by atoms with van der Waals surface area (Å²) in [5, 5.41) is 8.95. The third kappa shape index (κ3) is 6.15. The largest absolute Gasteiger partial charge is 0.478 e. The summed E-state index contributed by atoms with van der Waals surface area (Å²) in [4.78, 5) is 25.6. The Morgan fingerprint density at radius 1 is 1.15 bits per heavy atom. The molecular weight excluding hydrogens is 487 g/mol. The molecule has 1 aromatic carbocycles. The molecule has 34 heavy (non-hydrogen) atoms. The maximum Gasteiger partial charge on any atom is 0.447 e. The van der Waals surface area contributed by atoms with Crippen LogP contribution < -0.4 is 10.3 Å². The Bertz CT molecular complexity index is 1190. The molecule has 0 atom stereocenters. The molecular formula is C23H20F3N3O3S2. The van der Waals surface area contributed by atoms with E-state index in [2.05, 4.69) is 39.7 Å². The quantitative estimate of drug-likeness (QED) is 0.240. The van der Waals surface area contributed by atoms with E-state index in [9.17, 15) is 23.1 Å². The molecule has 0 bridgehead atoms. The first kappa shape index (κ1) is 24.2. The zero-order valence-corrected chi connectivity index (χ0v) is 19.6. The number of carbonyl (C=O) groups is 1. The predicted octanol–water partition coefficient (Wildman–Crippen LogP) is 6.85. The number of thioether (sulfide) groups is 2. The van der Waals surface area contributed by atoms with Crippen molar-refractivity contribution in [1.29, 1.82) is 0 Å². The topological polar surface area (TPSA) is 84.3 Å². The van der Waals surface area contributed by atoms with Crippen LogP contribution in [0.3, 0.4) is 0 Å². The summed E-state index contributed by atoms with van der Waals surface area (Å²) >= 11 is 1.03. The number of benzene rings is 1. The number of hydrogen-bond acceptors (Lipinski definition) is 7. The number of nitrogens with one attached hydrogen (secondary N) is 1. The van der Waals surface area contributed by atoms with Crippen molar-refractivity contribution < 1.29 is 27.9 Å². The van der Waals surface area contributed by atoms with Crippen molar-refractivity contribution in [3.63, 3.8) is 0 Å². The molecule has 1 saturated carbocycles. The van der Waals surface area contributed by atoms with Gasteiger partial charge >= 0.3 is 11.5 Å². The van der Waals surface area contributed by atoms with E-state index in [0.717, 1.165) is 29.1 Å². The molecule has 0 radical (unpaired) electrons. The summed E-state index contributed by atoms with van der Waals surface area (Å²) in [6.45, 7) is 1.96. The smallest absolute Gasteiger partial charge is 0.447 e. The number of carboxylic acid groups (broad SMARTS) is 1. The molecule has 1 aliphatic rings. The number of hydrogen-bond donors (Lipinski definition) is 2. The van der Waals surface area contributed by atoms with Gasteiger partial charge in [-0.25, -0.2) is 20.2 Å². The van der Waals surface area contributed by atoms with Gasteiger partial charge in [0.25, 0.3) is 5.88 Å². The average Bonchev–Trinajstić information content (AvgIpc) is 3.63. The van der Waals surface area contributed by atoms with E-state index in [1.165, 1.54) is 30.2 Å². The summed E-state index contributed by atoms with van der Waals surface area (Å²) in [6, 6.07) is 11.3. The summed E-state index contributed by atoms with van der Waals surface area (Å²) < 4.78 is 38.1. The minimum atomic E-state index is -4.56. The average molecular weight is 508 g/mol. The van der Waals surface area contributed by atoms with Gasteiger partial charge in [-0.3, -0.25) is 0 Å². The number of pyridine rings is 2. The van der Waals surface area contributed by atoms with Gasteiger partial charge < -0.3 is 9.94 Å². The van der Waals surface area contributed by atoms with E-state index in [1.54, 1.807) is 6.20 Å². The number of rotatable bonds is 9. The second kappa shape index (κ2) is 10.1. The molecule has 178 valence electrons. The van der Waals surface area contributed by atoms with E-state index in [0.29, 0.717) is 10.8 Å². The minimum Gasteiger partial charge on any atom is -0.478 e. The number of carboxylic acids is 1. The molecule has 6 nitrogen and oxygen atoms in total. The van der Waals surface area contributed by atoms with Gasteiger partial charge in [-0.05, 0) is 47.8 Å². The van der Waals surface area contributed by atoms with Crippen molar-refractivity contribution in [1.82, 2.24) is 9.97 Å². The third-order valence-electron chi connectivity index (χ3n) is 5.00. The lowest BCUT2D eigenvalue weighted by atomic mass is 10.0. The van der Waals surface area contributed by atoms with Crippen LogP contribution in [0.25, 0.3) is 11.1 Å². The van der Waals surface area contributed by atoms with Crippen molar-refractivity contribution in [3.8, 4) is 17.0 Å². The van der Waals surface area contributed by atoms with Crippen LogP contribution in [0.5, 0.6) is 5.88 Å². The second-order valence-electron chi connectivity index (χ2n) is 7.48. The zero-order chi connectivity index (χ0) is 24.3. The summed E-state index contributed by atoms with van der Waals surface area (Å²) in [6.07, 6.45) is 4.95. The van der Waals surface area contributed by atoms with Crippen LogP contribution in [0.4, 0.5) is 18.9 Å². The molecule has 0 spiro atoms. The van der Waals surface area contributed by atoms with Gasteiger partial charge in [-0.2, -0.15) is 13.2 Å². The first-order chi connectivity index (χ1) is 16.2. The van der Waals surface area contributed by atoms with Crippen molar-refractivity contribution in [2.24, 2.45) is 0 Å². The molecule has 2 N–H and O–H groups in total. The van der Waals surface area contributed by atoms with Crippen LogP contribution >= 0.6 is 23.5 Å². The third-order valence-corrected chi connectivity index (χ3v) is 6.55. The Labute approximate surface area is 202 Å². The predicted molar refractivity (Wildman–Crippen MR) is 125 cm³/mol. The molecule has 0 saturated heterocycles. The molecule has 3 aromatic rings. The Balaban J connectivity index is 1.56. The SMILES string of the molecule is CCSc1cc(-c2ccc(C3CC3)cc2)cnc1ONc1cc(SC(F)(F)F)ncc1C(=O)O. The maximum atomic E-state index is 12.7. The van der Waals surface area contributed by atoms with Gasteiger partial charge in [0.1, 0.15) is 10.6 Å². The lowest BCUT2D eigenvalue weighted by Gasteiger charge is -2.14. The number of aromatic nitrogens is 2. The van der Waals surface area contributed by atoms with Crippen LogP contribution in [-0.2, 0) is 0 Å². The molecule has 2 heterocycles. The molecule has 11 heteroatoms. The molecule has 0 unspecified atom stereocenters. The second-order valence-corrected chi connectivity index (χ2v) is 9.87. The van der Waals surface area contributed by atoms with Crippen molar-refractivity contribution in [3.05, 3.63) is 59.9 Å². The standard InChI is InChI=1S/C23H20F3N3O3S2/c1-2-33-19-9-16(15-7-5-14(6-8-15)13-3-4-13)11-28-21(19)32-29-18-10-20(34-23(24,25)26)27-12-17(18)22(30)31/h5-13H,2-4H2,1H3,(H,27,29)(H,30,31). The Hall–Kier alpha value is -2.92. The van der Waals surface area contributed by atoms with Gasteiger partial charge in [-0.1, -0.05) is 31.2 Å². The van der Waals surface area contributed by atoms with Gasteiger partial charge in [0, 0.05) is 29.7 Å². The van der Waals surface area contributed by atoms with E-state index >= 15 is 0 Å². The molecule has 1 fully saturated rings. The van der Waals surface area contributed by atoms with E-state index < -0.39 is 28.3 Å². The number of halogens is 3. The summed E-state index contributed by atoms with van der Waals surface area (Å²) in [7, 11) is 0. The van der Waals surface area contributed by atoms with Gasteiger partial charge in [0.2, 0.25) is 0 Å². The summed E-state index contributed by atoms with van der Waals surface area (Å²) in [5.41, 5.74) is 0.621. The lowest BCUT2D eigenvalue weighted by Crippen LogP contribution is -2.12. The first-order valence-corrected chi connectivity index (χ1v) is 12.2. The highest BCUT2D eigenvalue weighted by molar-refractivity contribution is 8.00. The minimum absolute atomic E-state index is 0.164. The zero-order valence-electron chi connectivity index (χ0n) is 17.9. The first-order valence-electron chi connectivity index (χ1n) is 10.4. The van der Waals surface area contributed by atoms with Crippen LogP contribution in [-0.4, -0.2) is 32.3 Å². The molecule has 4 rings (SSSR count). The highest BCUT2D eigenvalue weighted by atomic mass is 32.2. The number of aromatic carboxylic acids is 1. The van der Waals surface area contributed by atoms with Crippen LogP contribution in [0.1, 0.15) is 41.6 Å². The van der Waals surface area contributed by atoms with Gasteiger partial charge in [0.15, 0.2) is 0 Å². The Morgan fingerprint density at radius 3 is 2.50 bits per heavy atom. The van der Waals surface area contributed by atoms with Crippen molar-refractivity contribution in [2.45, 2.75) is 41.1 Å². The van der Waals surface area contributed by atoms with E-state index in [4.69, 9.17) is 4.84 Å². The summed E-state index contributed by atoms with van der Waals surface area (Å²) in [5.74, 6) is 0.218. The fourth-order valence-electron chi connectivity index (χ4n) is 3.26. The van der Waals surface area contributed by atoms with Gasteiger partial charge in [-0.15, -0.1) is 11.8 Å². The van der Waals surface area contributed by atoms with Crippen LogP contribution in [0.2, 0.25) is 0 Å². The fourth-order valence-corrected chi connectivity index (χ4v) is 4.52. The number of anilines is 1. The highest BCUT2D eigenvalue weighted by Crippen LogP contribution is 2.41. The monoisotopic (exact) mass is 507 g/mol. The number of nitrogens with zero attached hydrogens (tertiary/aromatic N) is 2. The molecule has 2 aromatic heterocycles. The molecule has 0 aliphatic heterocycles. The maximum absolute atomic E-state index is 12.7. The van der Waals surface area contributed by atoms with Crippen molar-refractivity contribution >= 4 is 35.2 Å². The molecule has 0 amide bonds.